The van der Waals surface area contributed by atoms with Crippen LogP contribution in [0, 0.1) is 0 Å². The monoisotopic (exact) mass is 263 g/mol. The van der Waals surface area contributed by atoms with E-state index in [0.717, 1.165) is 24.5 Å². The molecule has 0 fully saturated rings. The number of hydrogen-bond acceptors (Lipinski definition) is 5. The van der Waals surface area contributed by atoms with Gasteiger partial charge in [0.25, 0.3) is 0 Å². The predicted molar refractivity (Wildman–Crippen MR) is 76.6 cm³/mol. The zero-order chi connectivity index (χ0) is 13.4. The maximum absolute atomic E-state index is 5.71. The van der Waals surface area contributed by atoms with Crippen molar-refractivity contribution in [3.63, 3.8) is 0 Å². The second-order valence-corrected chi connectivity index (χ2v) is 5.21. The molecule has 5 nitrogen and oxygen atoms in total. The minimum atomic E-state index is 0.449. The van der Waals surface area contributed by atoms with Crippen molar-refractivity contribution in [2.75, 3.05) is 50.2 Å². The Morgan fingerprint density at radius 1 is 1.16 bits per heavy atom. The molecule has 1 aromatic carbocycles. The van der Waals surface area contributed by atoms with E-state index in [1.165, 1.54) is 11.4 Å². The van der Waals surface area contributed by atoms with Crippen LogP contribution in [-0.4, -0.2) is 46.4 Å². The van der Waals surface area contributed by atoms with Gasteiger partial charge >= 0.3 is 0 Å². The van der Waals surface area contributed by atoms with E-state index in [0.29, 0.717) is 25.8 Å². The highest BCUT2D eigenvalue weighted by Crippen LogP contribution is 2.43. The van der Waals surface area contributed by atoms with Crippen LogP contribution in [0.5, 0.6) is 11.5 Å². The van der Waals surface area contributed by atoms with Gasteiger partial charge in [-0.15, -0.1) is 0 Å². The highest BCUT2D eigenvalue weighted by Gasteiger charge is 2.28. The highest BCUT2D eigenvalue weighted by atomic mass is 16.6. The lowest BCUT2D eigenvalue weighted by Gasteiger charge is -2.42. The number of benzene rings is 1. The molecule has 5 heteroatoms. The summed E-state index contributed by atoms with van der Waals surface area (Å²) in [5.74, 6) is 1.70. The number of rotatable bonds is 2. The van der Waals surface area contributed by atoms with E-state index in [1.807, 2.05) is 0 Å². The summed E-state index contributed by atoms with van der Waals surface area (Å²) in [7, 11) is 4.24. The lowest BCUT2D eigenvalue weighted by Crippen LogP contribution is -2.46. The first-order chi connectivity index (χ1) is 9.20. The molecule has 2 aliphatic heterocycles. The molecular weight excluding hydrogens is 242 g/mol. The molecule has 1 unspecified atom stereocenters. The van der Waals surface area contributed by atoms with Crippen molar-refractivity contribution in [1.29, 1.82) is 0 Å². The van der Waals surface area contributed by atoms with Gasteiger partial charge in [0.1, 0.15) is 13.2 Å². The standard InChI is InChI=1S/C14H21N3O2/c1-16-9-10(3-4-15)17(2)12-8-14-13(7-11(12)16)18-5-6-19-14/h7-8,10H,3-6,9,15H2,1-2H3. The second kappa shape index (κ2) is 4.81. The van der Waals surface area contributed by atoms with E-state index in [2.05, 4.69) is 36.0 Å². The molecule has 0 spiro atoms. The van der Waals surface area contributed by atoms with Crippen LogP contribution in [0.2, 0.25) is 0 Å². The first kappa shape index (κ1) is 12.4. The molecular formula is C14H21N3O2. The molecule has 2 N–H and O–H groups in total. The summed E-state index contributed by atoms with van der Waals surface area (Å²) in [6.07, 6.45) is 0.995. The van der Waals surface area contributed by atoms with Crippen LogP contribution in [0.15, 0.2) is 12.1 Å². The zero-order valence-electron chi connectivity index (χ0n) is 11.6. The Bertz CT molecular complexity index is 478. The fourth-order valence-corrected chi connectivity index (χ4v) is 2.87. The molecule has 0 aliphatic carbocycles. The third kappa shape index (κ3) is 2.08. The molecule has 1 atom stereocenters. The predicted octanol–water partition coefficient (Wildman–Crippen LogP) is 1.06. The number of nitrogens with two attached hydrogens (primary N) is 1. The van der Waals surface area contributed by atoms with Crippen LogP contribution in [0.25, 0.3) is 0 Å². The molecule has 0 bridgehead atoms. The van der Waals surface area contributed by atoms with Crippen LogP contribution in [0.1, 0.15) is 6.42 Å². The first-order valence-electron chi connectivity index (χ1n) is 6.78. The van der Waals surface area contributed by atoms with Gasteiger partial charge in [-0.1, -0.05) is 0 Å². The highest BCUT2D eigenvalue weighted by molar-refractivity contribution is 5.78. The Balaban J connectivity index is 2.00. The maximum Gasteiger partial charge on any atom is 0.163 e. The minimum Gasteiger partial charge on any atom is -0.486 e. The van der Waals surface area contributed by atoms with Crippen molar-refractivity contribution in [3.8, 4) is 11.5 Å². The number of hydrogen-bond donors (Lipinski definition) is 1. The van der Waals surface area contributed by atoms with Gasteiger partial charge in [0.15, 0.2) is 11.5 Å². The third-order valence-corrected chi connectivity index (χ3v) is 3.96. The number of fused-ring (bicyclic) bond motifs is 2. The third-order valence-electron chi connectivity index (χ3n) is 3.96. The Hall–Kier alpha value is -1.62. The molecule has 1 aromatic rings. The Kier molecular flexibility index (Phi) is 3.14. The van der Waals surface area contributed by atoms with E-state index < -0.39 is 0 Å². The van der Waals surface area contributed by atoms with E-state index in [1.54, 1.807) is 0 Å². The minimum absolute atomic E-state index is 0.449. The quantitative estimate of drug-likeness (QED) is 0.864. The van der Waals surface area contributed by atoms with Crippen LogP contribution in [0.3, 0.4) is 0 Å². The number of ether oxygens (including phenoxy) is 2. The van der Waals surface area contributed by atoms with E-state index in [-0.39, 0.29) is 0 Å². The van der Waals surface area contributed by atoms with Crippen molar-refractivity contribution < 1.29 is 9.47 Å². The second-order valence-electron chi connectivity index (χ2n) is 5.21. The van der Waals surface area contributed by atoms with Gasteiger partial charge in [-0.3, -0.25) is 0 Å². The number of anilines is 2. The molecule has 2 aliphatic rings. The summed E-state index contributed by atoms with van der Waals surface area (Å²) >= 11 is 0. The largest absolute Gasteiger partial charge is 0.486 e. The smallest absolute Gasteiger partial charge is 0.163 e. The summed E-state index contributed by atoms with van der Waals surface area (Å²) in [6.45, 7) is 2.95. The average molecular weight is 263 g/mol. The summed E-state index contributed by atoms with van der Waals surface area (Å²) in [5.41, 5.74) is 8.09. The summed E-state index contributed by atoms with van der Waals surface area (Å²) in [6, 6.07) is 4.62. The Morgan fingerprint density at radius 2 is 1.79 bits per heavy atom. The molecule has 2 heterocycles. The van der Waals surface area contributed by atoms with E-state index >= 15 is 0 Å². The number of likely N-dealkylation sites (N-methyl/N-ethyl adjacent to an activating group) is 2. The van der Waals surface area contributed by atoms with Crippen molar-refractivity contribution in [2.24, 2.45) is 5.73 Å². The van der Waals surface area contributed by atoms with E-state index in [9.17, 15) is 0 Å². The average Bonchev–Trinajstić information content (AvgIpc) is 2.43. The lowest BCUT2D eigenvalue weighted by molar-refractivity contribution is 0.171. The summed E-state index contributed by atoms with van der Waals surface area (Å²) < 4.78 is 11.3. The molecule has 19 heavy (non-hydrogen) atoms. The topological polar surface area (TPSA) is 51.0 Å². The lowest BCUT2D eigenvalue weighted by atomic mass is 10.0. The van der Waals surface area contributed by atoms with Gasteiger partial charge in [0.05, 0.1) is 11.4 Å². The zero-order valence-corrected chi connectivity index (χ0v) is 11.6. The van der Waals surface area contributed by atoms with Crippen LogP contribution < -0.4 is 25.0 Å². The van der Waals surface area contributed by atoms with Gasteiger partial charge in [-0.2, -0.15) is 0 Å². The fraction of sp³-hybridized carbons (Fsp3) is 0.571. The van der Waals surface area contributed by atoms with Gasteiger partial charge < -0.3 is 25.0 Å². The van der Waals surface area contributed by atoms with Crippen molar-refractivity contribution in [2.45, 2.75) is 12.5 Å². The first-order valence-corrected chi connectivity index (χ1v) is 6.78. The Labute approximate surface area is 113 Å². The van der Waals surface area contributed by atoms with Crippen molar-refractivity contribution in [3.05, 3.63) is 12.1 Å². The van der Waals surface area contributed by atoms with E-state index in [4.69, 9.17) is 15.2 Å². The SMILES string of the molecule is CN1CC(CCN)N(C)c2cc3c(cc21)OCCO3. The molecule has 0 amide bonds. The Morgan fingerprint density at radius 3 is 2.42 bits per heavy atom. The number of nitrogens with zero attached hydrogens (tertiary/aromatic N) is 2. The maximum atomic E-state index is 5.71. The summed E-state index contributed by atoms with van der Waals surface area (Å²) in [5, 5.41) is 0. The van der Waals surface area contributed by atoms with Gasteiger partial charge in [0.2, 0.25) is 0 Å². The summed E-state index contributed by atoms with van der Waals surface area (Å²) in [4.78, 5) is 4.58. The van der Waals surface area contributed by atoms with Gasteiger partial charge in [-0.05, 0) is 13.0 Å². The van der Waals surface area contributed by atoms with Crippen LogP contribution >= 0.6 is 0 Å². The molecule has 0 radical (unpaired) electrons. The molecule has 0 aromatic heterocycles. The van der Waals surface area contributed by atoms with Crippen LogP contribution in [0.4, 0.5) is 11.4 Å². The molecule has 0 saturated heterocycles. The van der Waals surface area contributed by atoms with Gasteiger partial charge in [-0.25, -0.2) is 0 Å². The van der Waals surface area contributed by atoms with Crippen LogP contribution in [-0.2, 0) is 0 Å². The molecule has 104 valence electrons. The fourth-order valence-electron chi connectivity index (χ4n) is 2.87. The van der Waals surface area contributed by atoms with Gasteiger partial charge in [0, 0.05) is 38.8 Å². The van der Waals surface area contributed by atoms with Crippen molar-refractivity contribution >= 4 is 11.4 Å². The normalized spacial score (nSPS) is 21.3. The van der Waals surface area contributed by atoms with Crippen molar-refractivity contribution in [1.82, 2.24) is 0 Å². The molecule has 0 saturated carbocycles. The molecule has 3 rings (SSSR count).